The van der Waals surface area contributed by atoms with Gasteiger partial charge in [0.1, 0.15) is 0 Å². The quantitative estimate of drug-likeness (QED) is 0.744. The monoisotopic (exact) mass is 347 g/mol. The van der Waals surface area contributed by atoms with Crippen LogP contribution in [0.3, 0.4) is 0 Å². The van der Waals surface area contributed by atoms with Crippen molar-refractivity contribution in [2.24, 2.45) is 5.73 Å². The lowest BCUT2D eigenvalue weighted by Crippen LogP contribution is -1.98. The van der Waals surface area contributed by atoms with Crippen molar-refractivity contribution in [1.29, 1.82) is 0 Å². The predicted molar refractivity (Wildman–Crippen MR) is 87.0 cm³/mol. The van der Waals surface area contributed by atoms with Crippen molar-refractivity contribution in [1.82, 2.24) is 9.97 Å². The van der Waals surface area contributed by atoms with Gasteiger partial charge in [0.2, 0.25) is 0 Å². The summed E-state index contributed by atoms with van der Waals surface area (Å²) in [5.41, 5.74) is 10.2. The van der Waals surface area contributed by atoms with Gasteiger partial charge < -0.3 is 10.7 Å². The maximum Gasteiger partial charge on any atom is 0.171 e. The number of nitrogens with zero attached hydrogens (tertiary/aromatic N) is 1. The van der Waals surface area contributed by atoms with Crippen molar-refractivity contribution < 1.29 is 0 Å². The number of fused-ring (bicyclic) bond motifs is 1. The molecule has 1 aromatic heterocycles. The molecule has 0 fully saturated rings. The summed E-state index contributed by atoms with van der Waals surface area (Å²) >= 11 is 5.08. The second-order valence-corrected chi connectivity index (χ2v) is 6.57. The van der Waals surface area contributed by atoms with Crippen LogP contribution in [0.5, 0.6) is 0 Å². The number of hydrogen-bond donors (Lipinski definition) is 2. The van der Waals surface area contributed by atoms with E-state index in [9.17, 15) is 0 Å². The van der Waals surface area contributed by atoms with Crippen LogP contribution < -0.4 is 5.73 Å². The largest absolute Gasteiger partial charge is 0.333 e. The normalized spacial score (nSPS) is 11.2. The summed E-state index contributed by atoms with van der Waals surface area (Å²) in [7, 11) is 0. The standard InChI is InChI=1S/C15H14BrN3S/c1-9-2-4-12-13(6-9)19-15(18-12)20-14-5-3-11(16)7-10(14)8-17/h2-7H,8,17H2,1H3,(H,18,19). The van der Waals surface area contributed by atoms with Gasteiger partial charge >= 0.3 is 0 Å². The molecule has 5 heteroatoms. The van der Waals surface area contributed by atoms with Crippen LogP contribution in [0.2, 0.25) is 0 Å². The molecule has 0 saturated heterocycles. The summed E-state index contributed by atoms with van der Waals surface area (Å²) in [4.78, 5) is 9.08. The van der Waals surface area contributed by atoms with Gasteiger partial charge in [-0.25, -0.2) is 4.98 Å². The van der Waals surface area contributed by atoms with Crippen LogP contribution in [-0.2, 0) is 6.54 Å². The van der Waals surface area contributed by atoms with Gasteiger partial charge in [0.15, 0.2) is 5.16 Å². The van der Waals surface area contributed by atoms with Crippen molar-refractivity contribution in [3.05, 3.63) is 52.0 Å². The summed E-state index contributed by atoms with van der Waals surface area (Å²) in [5.74, 6) is 0. The van der Waals surface area contributed by atoms with Gasteiger partial charge in [-0.1, -0.05) is 33.8 Å². The number of aromatic amines is 1. The summed E-state index contributed by atoms with van der Waals surface area (Å²) in [6.07, 6.45) is 0. The fourth-order valence-corrected chi connectivity index (χ4v) is 3.39. The molecule has 0 aliphatic carbocycles. The molecule has 102 valence electrons. The van der Waals surface area contributed by atoms with Gasteiger partial charge in [-0.3, -0.25) is 0 Å². The zero-order valence-electron chi connectivity index (χ0n) is 11.0. The minimum Gasteiger partial charge on any atom is -0.333 e. The van der Waals surface area contributed by atoms with E-state index in [0.717, 1.165) is 31.1 Å². The molecule has 20 heavy (non-hydrogen) atoms. The second-order valence-electron chi connectivity index (χ2n) is 4.62. The highest BCUT2D eigenvalue weighted by Gasteiger charge is 2.08. The Morgan fingerprint density at radius 2 is 2.10 bits per heavy atom. The SMILES string of the molecule is Cc1ccc2nc(Sc3ccc(Br)cc3CN)[nH]c2c1. The molecule has 3 nitrogen and oxygen atoms in total. The molecule has 0 unspecified atom stereocenters. The lowest BCUT2D eigenvalue weighted by molar-refractivity contribution is 1.01. The highest BCUT2D eigenvalue weighted by atomic mass is 79.9. The zero-order chi connectivity index (χ0) is 14.1. The maximum atomic E-state index is 5.80. The third-order valence-electron chi connectivity index (χ3n) is 3.06. The summed E-state index contributed by atoms with van der Waals surface area (Å²) in [5, 5.41) is 0.891. The highest BCUT2D eigenvalue weighted by molar-refractivity contribution is 9.10. The average Bonchev–Trinajstić information content (AvgIpc) is 2.82. The van der Waals surface area contributed by atoms with E-state index in [4.69, 9.17) is 5.73 Å². The number of aryl methyl sites for hydroxylation is 1. The van der Waals surface area contributed by atoms with E-state index < -0.39 is 0 Å². The van der Waals surface area contributed by atoms with Crippen LogP contribution in [0.15, 0.2) is 50.9 Å². The molecule has 0 amide bonds. The molecule has 0 aliphatic rings. The first-order chi connectivity index (χ1) is 9.65. The van der Waals surface area contributed by atoms with Gasteiger partial charge in [0.25, 0.3) is 0 Å². The lowest BCUT2D eigenvalue weighted by atomic mass is 10.2. The first-order valence-corrected chi connectivity index (χ1v) is 7.89. The maximum absolute atomic E-state index is 5.80. The number of nitrogens with one attached hydrogen (secondary N) is 1. The minimum atomic E-state index is 0.515. The summed E-state index contributed by atoms with van der Waals surface area (Å²) in [6, 6.07) is 12.4. The van der Waals surface area contributed by atoms with Crippen molar-refractivity contribution in [3.8, 4) is 0 Å². The molecule has 1 heterocycles. The van der Waals surface area contributed by atoms with Gasteiger partial charge in [-0.05, 0) is 48.4 Å². The third kappa shape index (κ3) is 2.75. The van der Waals surface area contributed by atoms with Crippen LogP contribution in [0.25, 0.3) is 11.0 Å². The minimum absolute atomic E-state index is 0.515. The third-order valence-corrected chi connectivity index (χ3v) is 4.56. The second kappa shape index (κ2) is 5.60. The van der Waals surface area contributed by atoms with Crippen LogP contribution >= 0.6 is 27.7 Å². The Morgan fingerprint density at radius 3 is 2.90 bits per heavy atom. The molecular formula is C15H14BrN3S. The Hall–Kier alpha value is -1.30. The van der Waals surface area contributed by atoms with E-state index in [0.29, 0.717) is 6.54 Å². The van der Waals surface area contributed by atoms with Gasteiger partial charge in [0, 0.05) is 15.9 Å². The predicted octanol–water partition coefficient (Wildman–Crippen LogP) is 4.24. The molecule has 0 aliphatic heterocycles. The number of hydrogen-bond acceptors (Lipinski definition) is 3. The molecule has 0 atom stereocenters. The Balaban J connectivity index is 1.96. The fraction of sp³-hybridized carbons (Fsp3) is 0.133. The Kier molecular flexibility index (Phi) is 3.83. The van der Waals surface area contributed by atoms with E-state index in [1.165, 1.54) is 5.56 Å². The van der Waals surface area contributed by atoms with Crippen molar-refractivity contribution in [2.45, 2.75) is 23.5 Å². The fourth-order valence-electron chi connectivity index (χ4n) is 2.06. The van der Waals surface area contributed by atoms with Crippen LogP contribution in [-0.4, -0.2) is 9.97 Å². The van der Waals surface area contributed by atoms with Gasteiger partial charge in [-0.15, -0.1) is 0 Å². The number of nitrogens with two attached hydrogens (primary N) is 1. The molecule has 2 aromatic carbocycles. The Morgan fingerprint density at radius 1 is 1.25 bits per heavy atom. The first kappa shape index (κ1) is 13.7. The molecular weight excluding hydrogens is 334 g/mol. The van der Waals surface area contributed by atoms with Gasteiger partial charge in [0.05, 0.1) is 11.0 Å². The number of benzene rings is 2. The smallest absolute Gasteiger partial charge is 0.171 e. The molecule has 0 spiro atoms. The van der Waals surface area contributed by atoms with Crippen LogP contribution in [0.4, 0.5) is 0 Å². The number of halogens is 1. The Bertz CT molecular complexity index is 767. The van der Waals surface area contributed by atoms with Crippen LogP contribution in [0, 0.1) is 6.92 Å². The number of imidazole rings is 1. The van der Waals surface area contributed by atoms with Gasteiger partial charge in [-0.2, -0.15) is 0 Å². The number of H-pyrrole nitrogens is 1. The molecule has 3 N–H and O–H groups in total. The van der Waals surface area contributed by atoms with E-state index in [-0.39, 0.29) is 0 Å². The molecule has 0 saturated carbocycles. The Labute approximate surface area is 130 Å². The van der Waals surface area contributed by atoms with Crippen LogP contribution in [0.1, 0.15) is 11.1 Å². The topological polar surface area (TPSA) is 54.7 Å². The lowest BCUT2D eigenvalue weighted by Gasteiger charge is -2.05. The molecule has 3 aromatic rings. The summed E-state index contributed by atoms with van der Waals surface area (Å²) < 4.78 is 1.04. The first-order valence-electron chi connectivity index (χ1n) is 6.28. The average molecular weight is 348 g/mol. The van der Waals surface area contributed by atoms with E-state index in [1.807, 2.05) is 12.1 Å². The molecule has 0 bridgehead atoms. The highest BCUT2D eigenvalue weighted by Crippen LogP contribution is 2.31. The van der Waals surface area contributed by atoms with Crippen molar-refractivity contribution >= 4 is 38.7 Å². The van der Waals surface area contributed by atoms with E-state index in [1.54, 1.807) is 11.8 Å². The van der Waals surface area contributed by atoms with Crippen molar-refractivity contribution in [3.63, 3.8) is 0 Å². The van der Waals surface area contributed by atoms with E-state index >= 15 is 0 Å². The number of aromatic nitrogens is 2. The molecule has 0 radical (unpaired) electrons. The summed E-state index contributed by atoms with van der Waals surface area (Å²) in [6.45, 7) is 2.59. The molecule has 3 rings (SSSR count). The van der Waals surface area contributed by atoms with E-state index in [2.05, 4.69) is 57.1 Å². The number of rotatable bonds is 3. The van der Waals surface area contributed by atoms with Crippen molar-refractivity contribution in [2.75, 3.05) is 0 Å². The zero-order valence-corrected chi connectivity index (χ0v) is 13.4.